The molecule has 0 saturated heterocycles. The number of pyridine rings is 1. The van der Waals surface area contributed by atoms with Gasteiger partial charge in [0.05, 0.1) is 17.9 Å². The highest BCUT2D eigenvalue weighted by atomic mass is 16.5. The Bertz CT molecular complexity index is 626. The minimum atomic E-state index is 0.0727. The van der Waals surface area contributed by atoms with Crippen LogP contribution < -0.4 is 4.74 Å². The minimum Gasteiger partial charge on any atom is -0.486 e. The monoisotopic (exact) mass is 267 g/mol. The van der Waals surface area contributed by atoms with E-state index < -0.39 is 0 Å². The molecule has 2 rings (SSSR count). The van der Waals surface area contributed by atoms with Gasteiger partial charge in [-0.3, -0.25) is 4.98 Å². The molecule has 1 aromatic carbocycles. The van der Waals surface area contributed by atoms with E-state index >= 15 is 0 Å². The molecule has 0 bridgehead atoms. The Balaban J connectivity index is 2.08. The Kier molecular flexibility index (Phi) is 5.16. The summed E-state index contributed by atoms with van der Waals surface area (Å²) < 4.78 is 5.78. The van der Waals surface area contributed by atoms with Crippen LogP contribution in [0.1, 0.15) is 23.4 Å². The van der Waals surface area contributed by atoms with Gasteiger partial charge in [-0.25, -0.2) is 0 Å². The van der Waals surface area contributed by atoms with Crippen molar-refractivity contribution in [2.75, 3.05) is 6.61 Å². The van der Waals surface area contributed by atoms with Gasteiger partial charge in [0, 0.05) is 12.1 Å². The van der Waals surface area contributed by atoms with Crippen LogP contribution in [0.2, 0.25) is 0 Å². The molecule has 0 radical (unpaired) electrons. The lowest BCUT2D eigenvalue weighted by atomic mass is 10.2. The summed E-state index contributed by atoms with van der Waals surface area (Å²) in [7, 11) is 0. The predicted octanol–water partition coefficient (Wildman–Crippen LogP) is 2.70. The van der Waals surface area contributed by atoms with Gasteiger partial charge >= 0.3 is 0 Å². The van der Waals surface area contributed by atoms with Crippen LogP contribution in [-0.4, -0.2) is 16.7 Å². The lowest BCUT2D eigenvalue weighted by molar-refractivity contribution is 0.300. The van der Waals surface area contributed by atoms with E-state index in [0.717, 1.165) is 22.7 Å². The molecule has 0 unspecified atom stereocenters. The first-order chi connectivity index (χ1) is 9.79. The maximum atomic E-state index is 8.75. The van der Waals surface area contributed by atoms with Crippen LogP contribution in [0.3, 0.4) is 0 Å². The van der Waals surface area contributed by atoms with Gasteiger partial charge < -0.3 is 9.84 Å². The molecular formula is C17H17NO2. The van der Waals surface area contributed by atoms with E-state index in [1.165, 1.54) is 0 Å². The second-order valence-corrected chi connectivity index (χ2v) is 4.33. The Morgan fingerprint density at radius 2 is 2.00 bits per heavy atom. The van der Waals surface area contributed by atoms with Gasteiger partial charge in [-0.1, -0.05) is 30.0 Å². The molecule has 3 heteroatoms. The highest BCUT2D eigenvalue weighted by Crippen LogP contribution is 2.18. The molecule has 0 saturated carbocycles. The van der Waals surface area contributed by atoms with Crippen molar-refractivity contribution in [2.45, 2.75) is 20.0 Å². The lowest BCUT2D eigenvalue weighted by Gasteiger charge is -2.08. The molecule has 102 valence electrons. The second-order valence-electron chi connectivity index (χ2n) is 4.33. The van der Waals surface area contributed by atoms with E-state index in [1.807, 2.05) is 49.4 Å². The van der Waals surface area contributed by atoms with Crippen molar-refractivity contribution in [1.82, 2.24) is 4.98 Å². The third-order valence-electron chi connectivity index (χ3n) is 2.67. The third-order valence-corrected chi connectivity index (χ3v) is 2.67. The second kappa shape index (κ2) is 7.32. The first-order valence-electron chi connectivity index (χ1n) is 6.53. The van der Waals surface area contributed by atoms with Crippen molar-refractivity contribution < 1.29 is 9.84 Å². The third kappa shape index (κ3) is 4.11. The summed E-state index contributed by atoms with van der Waals surface area (Å²) in [6.45, 7) is 2.45. The number of hydrogen-bond donors (Lipinski definition) is 1. The summed E-state index contributed by atoms with van der Waals surface area (Å²) in [5.41, 5.74) is 2.69. The standard InChI is InChI=1S/C17H17NO2/c1-14-7-6-10-16(18-14)13-20-17-11-3-2-8-15(17)9-4-5-12-19/h2-3,6-8,10-11,19H,5,12-13H2,1H3. The molecule has 0 aliphatic carbocycles. The fourth-order valence-corrected chi connectivity index (χ4v) is 1.74. The SMILES string of the molecule is Cc1cccc(COc2ccccc2C#CCCO)n1. The van der Waals surface area contributed by atoms with E-state index in [2.05, 4.69) is 16.8 Å². The van der Waals surface area contributed by atoms with Gasteiger partial charge in [-0.15, -0.1) is 0 Å². The first-order valence-corrected chi connectivity index (χ1v) is 6.53. The number of nitrogens with zero attached hydrogens (tertiary/aromatic N) is 1. The van der Waals surface area contributed by atoms with Crippen molar-refractivity contribution in [1.29, 1.82) is 0 Å². The average molecular weight is 267 g/mol. The zero-order chi connectivity index (χ0) is 14.2. The molecule has 1 heterocycles. The Labute approximate surface area is 119 Å². The molecule has 1 N–H and O–H groups in total. The number of aryl methyl sites for hydroxylation is 1. The fraction of sp³-hybridized carbons (Fsp3) is 0.235. The summed E-state index contributed by atoms with van der Waals surface area (Å²) in [5.74, 6) is 6.65. The van der Waals surface area contributed by atoms with Crippen molar-refractivity contribution in [3.8, 4) is 17.6 Å². The molecule has 0 aliphatic rings. The molecule has 0 spiro atoms. The molecule has 20 heavy (non-hydrogen) atoms. The maximum Gasteiger partial charge on any atom is 0.135 e. The Hall–Kier alpha value is -2.31. The van der Waals surface area contributed by atoms with Crippen molar-refractivity contribution >= 4 is 0 Å². The molecular weight excluding hydrogens is 250 g/mol. The summed E-state index contributed by atoms with van der Waals surface area (Å²) >= 11 is 0. The number of ether oxygens (including phenoxy) is 1. The molecule has 0 aliphatic heterocycles. The van der Waals surface area contributed by atoms with Crippen LogP contribution >= 0.6 is 0 Å². The van der Waals surface area contributed by atoms with E-state index in [1.54, 1.807) is 0 Å². The normalized spacial score (nSPS) is 9.70. The van der Waals surface area contributed by atoms with Crippen LogP contribution in [0.25, 0.3) is 0 Å². The van der Waals surface area contributed by atoms with Crippen molar-refractivity contribution in [3.05, 3.63) is 59.4 Å². The van der Waals surface area contributed by atoms with E-state index in [9.17, 15) is 0 Å². The van der Waals surface area contributed by atoms with Gasteiger partial charge in [0.25, 0.3) is 0 Å². The van der Waals surface area contributed by atoms with Gasteiger partial charge in [0.15, 0.2) is 0 Å². The van der Waals surface area contributed by atoms with Gasteiger partial charge in [-0.2, -0.15) is 0 Å². The van der Waals surface area contributed by atoms with E-state index in [0.29, 0.717) is 13.0 Å². The molecule has 2 aromatic rings. The molecule has 1 aromatic heterocycles. The van der Waals surface area contributed by atoms with E-state index in [4.69, 9.17) is 9.84 Å². The van der Waals surface area contributed by atoms with Crippen LogP contribution in [0.15, 0.2) is 42.5 Å². The number of aromatic nitrogens is 1. The Morgan fingerprint density at radius 1 is 1.15 bits per heavy atom. The zero-order valence-electron chi connectivity index (χ0n) is 11.5. The summed E-state index contributed by atoms with van der Waals surface area (Å²) in [6.07, 6.45) is 0.466. The Morgan fingerprint density at radius 3 is 2.80 bits per heavy atom. The minimum absolute atomic E-state index is 0.0727. The zero-order valence-corrected chi connectivity index (χ0v) is 11.5. The number of para-hydroxylation sites is 1. The van der Waals surface area contributed by atoms with Crippen molar-refractivity contribution in [3.63, 3.8) is 0 Å². The van der Waals surface area contributed by atoms with Gasteiger partial charge in [0.1, 0.15) is 12.4 Å². The topological polar surface area (TPSA) is 42.4 Å². The summed E-state index contributed by atoms with van der Waals surface area (Å²) in [6, 6.07) is 13.5. The number of benzene rings is 1. The quantitative estimate of drug-likeness (QED) is 0.866. The fourth-order valence-electron chi connectivity index (χ4n) is 1.74. The molecule has 0 fully saturated rings. The largest absolute Gasteiger partial charge is 0.486 e. The number of rotatable bonds is 4. The number of hydrogen-bond acceptors (Lipinski definition) is 3. The molecule has 0 amide bonds. The average Bonchev–Trinajstić information content (AvgIpc) is 2.47. The van der Waals surface area contributed by atoms with Crippen LogP contribution in [-0.2, 0) is 6.61 Å². The first kappa shape index (κ1) is 14.1. The summed E-state index contributed by atoms with van der Waals surface area (Å²) in [5, 5.41) is 8.75. The highest BCUT2D eigenvalue weighted by Gasteiger charge is 2.01. The predicted molar refractivity (Wildman–Crippen MR) is 78.3 cm³/mol. The smallest absolute Gasteiger partial charge is 0.135 e. The van der Waals surface area contributed by atoms with Gasteiger partial charge in [0.2, 0.25) is 0 Å². The van der Waals surface area contributed by atoms with E-state index in [-0.39, 0.29) is 6.61 Å². The summed E-state index contributed by atoms with van der Waals surface area (Å²) in [4.78, 5) is 4.40. The van der Waals surface area contributed by atoms with Crippen LogP contribution in [0.5, 0.6) is 5.75 Å². The number of aliphatic hydroxyl groups excluding tert-OH is 1. The highest BCUT2D eigenvalue weighted by molar-refractivity contribution is 5.45. The number of aliphatic hydroxyl groups is 1. The lowest BCUT2D eigenvalue weighted by Crippen LogP contribution is -2.00. The van der Waals surface area contributed by atoms with Gasteiger partial charge in [-0.05, 0) is 31.2 Å². The van der Waals surface area contributed by atoms with Crippen LogP contribution in [0.4, 0.5) is 0 Å². The van der Waals surface area contributed by atoms with Crippen molar-refractivity contribution in [2.24, 2.45) is 0 Å². The molecule has 3 nitrogen and oxygen atoms in total. The maximum absolute atomic E-state index is 8.75. The van der Waals surface area contributed by atoms with Crippen LogP contribution in [0, 0.1) is 18.8 Å². The molecule has 0 atom stereocenters.